The molecule has 0 aliphatic heterocycles. The van der Waals surface area contributed by atoms with Crippen molar-refractivity contribution in [1.82, 2.24) is 10.0 Å². The Kier molecular flexibility index (Phi) is 8.65. The van der Waals surface area contributed by atoms with Gasteiger partial charge in [-0.2, -0.15) is 4.72 Å². The van der Waals surface area contributed by atoms with Crippen LogP contribution in [0.25, 0.3) is 0 Å². The molecule has 2 aromatic rings. The summed E-state index contributed by atoms with van der Waals surface area (Å²) >= 11 is 0. The number of rotatable bonds is 9. The van der Waals surface area contributed by atoms with Crippen LogP contribution >= 0.6 is 0 Å². The fourth-order valence-electron chi connectivity index (χ4n) is 2.59. The fraction of sp³-hybridized carbons (Fsp3) is 0.238. The summed E-state index contributed by atoms with van der Waals surface area (Å²) in [6.07, 6.45) is 0. The van der Waals surface area contributed by atoms with Crippen LogP contribution in [0, 0.1) is 0 Å². The van der Waals surface area contributed by atoms with Crippen LogP contribution in [0.3, 0.4) is 0 Å². The zero-order valence-corrected chi connectivity index (χ0v) is 19.0. The third-order valence-electron chi connectivity index (χ3n) is 4.22. The molecule has 0 fully saturated rings. The van der Waals surface area contributed by atoms with E-state index in [1.807, 2.05) is 0 Å². The highest BCUT2D eigenvalue weighted by Gasteiger charge is 2.22. The van der Waals surface area contributed by atoms with Crippen LogP contribution in [0.4, 0.5) is 11.4 Å². The van der Waals surface area contributed by atoms with Gasteiger partial charge in [0, 0.05) is 23.9 Å². The topological polar surface area (TPSA) is 160 Å². The first-order valence-electron chi connectivity index (χ1n) is 9.67. The number of carbonyl (C=O) groups is 4. The number of amides is 3. The van der Waals surface area contributed by atoms with Crippen LogP contribution in [0.1, 0.15) is 24.2 Å². The number of benzene rings is 2. The maximum absolute atomic E-state index is 12.6. The minimum Gasteiger partial charge on any atom is -0.468 e. The number of hydrogen-bond donors (Lipinski definition) is 4. The van der Waals surface area contributed by atoms with Crippen LogP contribution in [-0.2, 0) is 29.1 Å². The highest BCUT2D eigenvalue weighted by Crippen LogP contribution is 2.15. The van der Waals surface area contributed by atoms with Crippen molar-refractivity contribution in [2.24, 2.45) is 0 Å². The smallest absolute Gasteiger partial charge is 0.325 e. The summed E-state index contributed by atoms with van der Waals surface area (Å²) in [5.74, 6) is -2.11. The molecule has 4 N–H and O–H groups in total. The predicted octanol–water partition coefficient (Wildman–Crippen LogP) is 0.853. The quantitative estimate of drug-likeness (QED) is 0.390. The number of ether oxygens (including phenoxy) is 1. The molecule has 0 saturated heterocycles. The minimum atomic E-state index is -4.01. The van der Waals surface area contributed by atoms with Crippen molar-refractivity contribution in [2.45, 2.75) is 24.8 Å². The lowest BCUT2D eigenvalue weighted by Crippen LogP contribution is -2.41. The molecule has 0 saturated carbocycles. The predicted molar refractivity (Wildman–Crippen MR) is 120 cm³/mol. The largest absolute Gasteiger partial charge is 0.468 e. The van der Waals surface area contributed by atoms with Gasteiger partial charge in [0.2, 0.25) is 21.8 Å². The number of anilines is 2. The molecule has 11 nitrogen and oxygen atoms in total. The number of methoxy groups -OCH3 is 1. The van der Waals surface area contributed by atoms with Crippen molar-refractivity contribution in [3.05, 3.63) is 54.1 Å². The number of sulfonamides is 1. The van der Waals surface area contributed by atoms with Gasteiger partial charge < -0.3 is 20.7 Å². The van der Waals surface area contributed by atoms with Crippen molar-refractivity contribution in [1.29, 1.82) is 0 Å². The van der Waals surface area contributed by atoms with Gasteiger partial charge in [-0.05, 0) is 49.4 Å². The second-order valence-electron chi connectivity index (χ2n) is 6.88. The van der Waals surface area contributed by atoms with Gasteiger partial charge in [0.05, 0.1) is 18.0 Å². The average molecular weight is 477 g/mol. The lowest BCUT2D eigenvalue weighted by atomic mass is 10.2. The first-order valence-corrected chi connectivity index (χ1v) is 11.2. The summed E-state index contributed by atoms with van der Waals surface area (Å²) < 4.78 is 31.8. The molecule has 12 heteroatoms. The molecular weight excluding hydrogens is 452 g/mol. The van der Waals surface area contributed by atoms with Gasteiger partial charge in [-0.1, -0.05) is 6.07 Å². The van der Waals surface area contributed by atoms with E-state index in [0.29, 0.717) is 5.69 Å². The Hall–Kier alpha value is -3.77. The molecule has 0 heterocycles. The first-order chi connectivity index (χ1) is 15.5. The van der Waals surface area contributed by atoms with E-state index in [0.717, 1.165) is 0 Å². The van der Waals surface area contributed by atoms with Crippen LogP contribution in [-0.4, -0.2) is 51.8 Å². The maximum atomic E-state index is 12.6. The average Bonchev–Trinajstić information content (AvgIpc) is 2.77. The highest BCUT2D eigenvalue weighted by molar-refractivity contribution is 7.89. The highest BCUT2D eigenvalue weighted by atomic mass is 32.2. The van der Waals surface area contributed by atoms with Crippen LogP contribution in [0.15, 0.2) is 53.4 Å². The minimum absolute atomic E-state index is 0.0828. The molecule has 0 radical (unpaired) electrons. The van der Waals surface area contributed by atoms with E-state index in [4.69, 9.17) is 0 Å². The third-order valence-corrected chi connectivity index (χ3v) is 5.78. The van der Waals surface area contributed by atoms with Crippen molar-refractivity contribution >= 4 is 45.1 Å². The standard InChI is InChI=1S/C21H24N4O7S/c1-13(25-33(30,31)18-9-7-16(8-10-18)23-14(2)26)20(28)24-17-6-4-5-15(11-17)21(29)22-12-19(27)32-3/h4-11,13,25H,12H2,1-3H3,(H,22,29)(H,23,26)(H,24,28)/t13-/m0/s1. The zero-order valence-electron chi connectivity index (χ0n) is 18.2. The summed E-state index contributed by atoms with van der Waals surface area (Å²) in [7, 11) is -2.82. The normalized spacial score (nSPS) is 11.7. The molecule has 2 aromatic carbocycles. The Balaban J connectivity index is 2.01. The van der Waals surface area contributed by atoms with E-state index in [9.17, 15) is 27.6 Å². The van der Waals surface area contributed by atoms with Crippen LogP contribution in [0.5, 0.6) is 0 Å². The Bertz CT molecular complexity index is 1150. The molecule has 2 rings (SSSR count). The van der Waals surface area contributed by atoms with Gasteiger partial charge in [-0.3, -0.25) is 19.2 Å². The van der Waals surface area contributed by atoms with Crippen molar-refractivity contribution in [3.8, 4) is 0 Å². The van der Waals surface area contributed by atoms with Gasteiger partial charge in [0.25, 0.3) is 5.91 Å². The summed E-state index contributed by atoms with van der Waals surface area (Å²) in [6, 6.07) is 10.2. The van der Waals surface area contributed by atoms with Gasteiger partial charge >= 0.3 is 5.97 Å². The Morgan fingerprint density at radius 2 is 1.64 bits per heavy atom. The van der Waals surface area contributed by atoms with E-state index >= 15 is 0 Å². The molecule has 3 amide bonds. The van der Waals surface area contributed by atoms with E-state index in [-0.39, 0.29) is 28.6 Å². The Morgan fingerprint density at radius 1 is 0.970 bits per heavy atom. The summed E-state index contributed by atoms with van der Waals surface area (Å²) in [5, 5.41) is 7.44. The van der Waals surface area contributed by atoms with E-state index in [2.05, 4.69) is 25.4 Å². The Labute approximate surface area is 190 Å². The van der Waals surface area contributed by atoms with Gasteiger partial charge in [0.1, 0.15) is 6.54 Å². The molecular formula is C21H24N4O7S. The number of esters is 1. The fourth-order valence-corrected chi connectivity index (χ4v) is 3.79. The summed E-state index contributed by atoms with van der Waals surface area (Å²) in [6.45, 7) is 2.39. The molecule has 176 valence electrons. The van der Waals surface area contributed by atoms with Gasteiger partial charge in [-0.25, -0.2) is 8.42 Å². The number of nitrogens with one attached hydrogen (secondary N) is 4. The molecule has 0 spiro atoms. The van der Waals surface area contributed by atoms with Crippen molar-refractivity contribution in [2.75, 3.05) is 24.3 Å². The second kappa shape index (κ2) is 11.2. The maximum Gasteiger partial charge on any atom is 0.325 e. The van der Waals surface area contributed by atoms with E-state index in [1.54, 1.807) is 0 Å². The molecule has 0 unspecified atom stereocenters. The van der Waals surface area contributed by atoms with Crippen molar-refractivity contribution in [3.63, 3.8) is 0 Å². The summed E-state index contributed by atoms with van der Waals surface area (Å²) in [5.41, 5.74) is 0.878. The lowest BCUT2D eigenvalue weighted by molar-refractivity contribution is -0.139. The third kappa shape index (κ3) is 7.70. The van der Waals surface area contributed by atoms with Crippen LogP contribution in [0.2, 0.25) is 0 Å². The molecule has 1 atom stereocenters. The second-order valence-corrected chi connectivity index (χ2v) is 8.59. The van der Waals surface area contributed by atoms with Gasteiger partial charge in [0.15, 0.2) is 0 Å². The van der Waals surface area contributed by atoms with E-state index in [1.165, 1.54) is 69.5 Å². The first kappa shape index (κ1) is 25.5. The van der Waals surface area contributed by atoms with Crippen LogP contribution < -0.4 is 20.7 Å². The number of hydrogen-bond acceptors (Lipinski definition) is 7. The Morgan fingerprint density at radius 3 is 2.24 bits per heavy atom. The lowest BCUT2D eigenvalue weighted by Gasteiger charge is -2.15. The molecule has 0 bridgehead atoms. The van der Waals surface area contributed by atoms with Gasteiger partial charge in [-0.15, -0.1) is 0 Å². The van der Waals surface area contributed by atoms with E-state index < -0.39 is 33.8 Å². The molecule has 0 aromatic heterocycles. The molecule has 0 aliphatic rings. The van der Waals surface area contributed by atoms with Crippen molar-refractivity contribution < 1.29 is 32.3 Å². The number of carbonyl (C=O) groups excluding carboxylic acids is 4. The zero-order chi connectivity index (χ0) is 24.6. The monoisotopic (exact) mass is 476 g/mol. The molecule has 0 aliphatic carbocycles. The SMILES string of the molecule is COC(=O)CNC(=O)c1cccc(NC(=O)[C@H](C)NS(=O)(=O)c2ccc(NC(C)=O)cc2)c1. The molecule has 33 heavy (non-hydrogen) atoms. The summed E-state index contributed by atoms with van der Waals surface area (Å²) in [4.78, 5) is 46.7.